The van der Waals surface area contributed by atoms with Gasteiger partial charge < -0.3 is 9.30 Å². The Labute approximate surface area is 139 Å². The fourth-order valence-electron chi connectivity index (χ4n) is 3.40. The fourth-order valence-corrected chi connectivity index (χ4v) is 4.46. The van der Waals surface area contributed by atoms with Gasteiger partial charge in [0.2, 0.25) is 0 Å². The van der Waals surface area contributed by atoms with Crippen LogP contribution in [0, 0.1) is 0 Å². The Kier molecular flexibility index (Phi) is 3.42. The molecule has 0 saturated carbocycles. The Morgan fingerprint density at radius 2 is 1.87 bits per heavy atom. The van der Waals surface area contributed by atoms with E-state index in [4.69, 9.17) is 4.74 Å². The first-order valence-electron chi connectivity index (χ1n) is 7.61. The van der Waals surface area contributed by atoms with Crippen molar-refractivity contribution in [3.8, 4) is 5.75 Å². The number of hydrogen-bond acceptors (Lipinski definition) is 3. The van der Waals surface area contributed by atoms with Crippen molar-refractivity contribution < 1.29 is 9.53 Å². The number of aromatic nitrogens is 1. The normalized spacial score (nSPS) is 17.3. The lowest BCUT2D eigenvalue weighted by Crippen LogP contribution is -2.13. The van der Waals surface area contributed by atoms with Crippen LogP contribution >= 0.6 is 11.8 Å². The van der Waals surface area contributed by atoms with Gasteiger partial charge in [-0.05, 0) is 35.5 Å². The van der Waals surface area contributed by atoms with Gasteiger partial charge in [-0.15, -0.1) is 0 Å². The summed E-state index contributed by atoms with van der Waals surface area (Å²) in [5.41, 5.74) is 3.62. The molecule has 1 aromatic heterocycles. The third-order valence-corrected chi connectivity index (χ3v) is 5.62. The molecule has 0 unspecified atom stereocenters. The number of hydrogen-bond donors (Lipinski definition) is 0. The van der Waals surface area contributed by atoms with Crippen LogP contribution in [0.2, 0.25) is 0 Å². The molecule has 1 atom stereocenters. The van der Waals surface area contributed by atoms with Crippen molar-refractivity contribution in [1.29, 1.82) is 0 Å². The Morgan fingerprint density at radius 3 is 2.61 bits per heavy atom. The monoisotopic (exact) mass is 323 g/mol. The van der Waals surface area contributed by atoms with E-state index in [0.29, 0.717) is 6.42 Å². The molecule has 1 aliphatic rings. The number of nitrogens with zero attached hydrogens (tertiary/aromatic N) is 1. The highest BCUT2D eigenvalue weighted by molar-refractivity contribution is 8.13. The zero-order chi connectivity index (χ0) is 16.0. The van der Waals surface area contributed by atoms with Crippen LogP contribution in [0.1, 0.15) is 23.5 Å². The molecule has 2 aromatic carbocycles. The minimum absolute atomic E-state index is 0.107. The average molecular weight is 323 g/mol. The fraction of sp³-hybridized carbons (Fsp3) is 0.211. The van der Waals surface area contributed by atoms with Gasteiger partial charge >= 0.3 is 0 Å². The van der Waals surface area contributed by atoms with Crippen LogP contribution in [0.15, 0.2) is 53.6 Å². The van der Waals surface area contributed by atoms with Crippen LogP contribution in [0.5, 0.6) is 5.75 Å². The van der Waals surface area contributed by atoms with Crippen molar-refractivity contribution >= 4 is 27.8 Å². The Bertz CT molecular complexity index is 896. The van der Waals surface area contributed by atoms with Crippen molar-refractivity contribution in [2.24, 2.45) is 7.05 Å². The largest absolute Gasteiger partial charge is 0.497 e. The van der Waals surface area contributed by atoms with E-state index in [1.807, 2.05) is 25.2 Å². The molecular formula is C19H17NO2S. The summed E-state index contributed by atoms with van der Waals surface area (Å²) in [6, 6.07) is 16.4. The summed E-state index contributed by atoms with van der Waals surface area (Å²) in [7, 11) is 3.70. The van der Waals surface area contributed by atoms with Gasteiger partial charge in [-0.3, -0.25) is 4.79 Å². The molecule has 1 aliphatic heterocycles. The standard InChI is InChI=1S/C19H17NO2S/c1-20-16-6-4-3-5-14(16)18-15(11-17(21)23-19(18)20)12-7-9-13(22-2)10-8-12/h3-10,15H,11H2,1-2H3/t15-/m1/s1. The zero-order valence-electron chi connectivity index (χ0n) is 13.1. The second kappa shape index (κ2) is 5.46. The average Bonchev–Trinajstić information content (AvgIpc) is 2.87. The molecule has 2 heterocycles. The molecule has 0 bridgehead atoms. The quantitative estimate of drug-likeness (QED) is 0.703. The van der Waals surface area contributed by atoms with Crippen molar-refractivity contribution in [1.82, 2.24) is 4.57 Å². The number of methoxy groups -OCH3 is 1. The van der Waals surface area contributed by atoms with Crippen LogP contribution in [-0.4, -0.2) is 16.8 Å². The van der Waals surface area contributed by atoms with Crippen molar-refractivity contribution in [2.45, 2.75) is 17.4 Å². The van der Waals surface area contributed by atoms with Crippen LogP contribution in [0.4, 0.5) is 0 Å². The van der Waals surface area contributed by atoms with E-state index >= 15 is 0 Å². The number of rotatable bonds is 2. The smallest absolute Gasteiger partial charge is 0.196 e. The molecule has 0 amide bonds. The van der Waals surface area contributed by atoms with E-state index in [-0.39, 0.29) is 11.0 Å². The lowest BCUT2D eigenvalue weighted by Gasteiger charge is -2.23. The first-order chi connectivity index (χ1) is 11.2. The number of ether oxygens (including phenoxy) is 1. The first kappa shape index (κ1) is 14.4. The number of aryl methyl sites for hydroxylation is 1. The van der Waals surface area contributed by atoms with Gasteiger partial charge in [-0.2, -0.15) is 0 Å². The van der Waals surface area contributed by atoms with Crippen molar-refractivity contribution in [2.75, 3.05) is 7.11 Å². The highest BCUT2D eigenvalue weighted by Crippen LogP contribution is 2.46. The van der Waals surface area contributed by atoms with Gasteiger partial charge in [0.1, 0.15) is 5.75 Å². The molecule has 116 valence electrons. The summed E-state index contributed by atoms with van der Waals surface area (Å²) in [6.45, 7) is 0. The predicted molar refractivity (Wildman–Crippen MR) is 93.2 cm³/mol. The molecule has 0 radical (unpaired) electrons. The molecule has 3 aromatic rings. The first-order valence-corrected chi connectivity index (χ1v) is 8.42. The molecule has 0 aliphatic carbocycles. The van der Waals surface area contributed by atoms with Gasteiger partial charge in [-0.25, -0.2) is 0 Å². The van der Waals surface area contributed by atoms with Crippen molar-refractivity contribution in [3.05, 3.63) is 59.7 Å². The predicted octanol–water partition coefficient (Wildman–Crippen LogP) is 4.34. The maximum Gasteiger partial charge on any atom is 0.196 e. The Hall–Kier alpha value is -2.20. The lowest BCUT2D eigenvalue weighted by atomic mass is 9.88. The van der Waals surface area contributed by atoms with Gasteiger partial charge in [0.15, 0.2) is 5.12 Å². The van der Waals surface area contributed by atoms with E-state index in [1.54, 1.807) is 7.11 Å². The lowest BCUT2D eigenvalue weighted by molar-refractivity contribution is -0.111. The van der Waals surface area contributed by atoms with E-state index in [2.05, 4.69) is 34.9 Å². The summed E-state index contributed by atoms with van der Waals surface area (Å²) in [5, 5.41) is 2.54. The molecule has 0 N–H and O–H groups in total. The second-order valence-corrected chi connectivity index (χ2v) is 6.85. The van der Waals surface area contributed by atoms with E-state index in [9.17, 15) is 4.79 Å². The van der Waals surface area contributed by atoms with E-state index < -0.39 is 0 Å². The third kappa shape index (κ3) is 2.25. The summed E-state index contributed by atoms with van der Waals surface area (Å²) in [4.78, 5) is 12.3. The highest BCUT2D eigenvalue weighted by atomic mass is 32.2. The zero-order valence-corrected chi connectivity index (χ0v) is 13.9. The van der Waals surface area contributed by atoms with Gasteiger partial charge in [0.05, 0.1) is 12.1 Å². The maximum absolute atomic E-state index is 12.3. The maximum atomic E-state index is 12.3. The van der Waals surface area contributed by atoms with Crippen molar-refractivity contribution in [3.63, 3.8) is 0 Å². The summed E-state index contributed by atoms with van der Waals surface area (Å²) >= 11 is 1.37. The SMILES string of the molecule is COc1ccc([C@H]2CC(=O)Sc3c2c2ccccc2n3C)cc1. The topological polar surface area (TPSA) is 31.2 Å². The molecule has 0 fully saturated rings. The summed E-state index contributed by atoms with van der Waals surface area (Å²) in [6.07, 6.45) is 0.540. The van der Waals surface area contributed by atoms with Crippen LogP contribution < -0.4 is 4.74 Å². The number of fused-ring (bicyclic) bond motifs is 3. The number of thioether (sulfide) groups is 1. The molecule has 23 heavy (non-hydrogen) atoms. The number of benzene rings is 2. The van der Waals surface area contributed by atoms with E-state index in [0.717, 1.165) is 16.3 Å². The third-order valence-electron chi connectivity index (χ3n) is 4.54. The highest BCUT2D eigenvalue weighted by Gasteiger charge is 2.32. The Balaban J connectivity index is 1.93. The van der Waals surface area contributed by atoms with Gasteiger partial charge in [0.25, 0.3) is 0 Å². The minimum Gasteiger partial charge on any atom is -0.497 e. The number of para-hydroxylation sites is 1. The number of carbonyl (C=O) groups excluding carboxylic acids is 1. The second-order valence-electron chi connectivity index (χ2n) is 5.80. The molecule has 4 heteroatoms. The molecule has 3 nitrogen and oxygen atoms in total. The van der Waals surface area contributed by atoms with E-state index in [1.165, 1.54) is 28.2 Å². The Morgan fingerprint density at radius 1 is 1.13 bits per heavy atom. The molecule has 0 spiro atoms. The van der Waals surface area contributed by atoms with Crippen LogP contribution in [0.3, 0.4) is 0 Å². The molecule has 4 rings (SSSR count). The summed E-state index contributed by atoms with van der Waals surface area (Å²) in [5.74, 6) is 0.944. The molecular weight excluding hydrogens is 306 g/mol. The van der Waals surface area contributed by atoms with Gasteiger partial charge in [-0.1, -0.05) is 30.3 Å². The van der Waals surface area contributed by atoms with Gasteiger partial charge in [0, 0.05) is 35.9 Å². The van der Waals surface area contributed by atoms with Crippen LogP contribution in [0.25, 0.3) is 10.9 Å². The molecule has 0 saturated heterocycles. The summed E-state index contributed by atoms with van der Waals surface area (Å²) < 4.78 is 7.39. The van der Waals surface area contributed by atoms with Crippen LogP contribution in [-0.2, 0) is 11.8 Å². The number of carbonyl (C=O) groups is 1. The minimum atomic E-state index is 0.107.